The summed E-state index contributed by atoms with van der Waals surface area (Å²) in [4.78, 5) is 28.6. The van der Waals surface area contributed by atoms with Crippen LogP contribution in [-0.2, 0) is 22.6 Å². The van der Waals surface area contributed by atoms with Gasteiger partial charge in [0.2, 0.25) is 11.1 Å². The number of carbonyl (C=O) groups is 2. The van der Waals surface area contributed by atoms with Crippen molar-refractivity contribution in [2.45, 2.75) is 25.3 Å². The minimum absolute atomic E-state index is 0.0233. The van der Waals surface area contributed by atoms with Crippen molar-refractivity contribution in [3.63, 3.8) is 0 Å². The molecule has 0 fully saturated rings. The van der Waals surface area contributed by atoms with Gasteiger partial charge in [0.25, 0.3) is 0 Å². The Morgan fingerprint density at radius 1 is 0.769 bits per heavy atom. The number of hydrogen-bond acceptors (Lipinski definition) is 8. The molecule has 10 heteroatoms. The molecule has 1 unspecified atom stereocenters. The summed E-state index contributed by atoms with van der Waals surface area (Å²) in [6.45, 7) is 3.62. The van der Waals surface area contributed by atoms with Gasteiger partial charge in [0.15, 0.2) is 0 Å². The number of esters is 1. The van der Waals surface area contributed by atoms with Gasteiger partial charge in [-0.25, -0.2) is 18.7 Å². The molecule has 0 spiro atoms. The highest BCUT2D eigenvalue weighted by atomic mass is 32.2. The second-order valence-corrected chi connectivity index (χ2v) is 9.60. The number of ether oxygens (including phenoxy) is 2. The van der Waals surface area contributed by atoms with E-state index >= 15 is 0 Å². The normalized spacial score (nSPS) is 11.5. The molecule has 4 rings (SSSR count). The van der Waals surface area contributed by atoms with Crippen molar-refractivity contribution in [2.24, 2.45) is 0 Å². The highest BCUT2D eigenvalue weighted by molar-refractivity contribution is 7.80. The van der Waals surface area contributed by atoms with E-state index in [4.69, 9.17) is 18.9 Å². The third-order valence-corrected chi connectivity index (χ3v) is 6.51. The fraction of sp³-hybridized carbons (Fsp3) is 0.103. The molecule has 0 saturated heterocycles. The van der Waals surface area contributed by atoms with E-state index in [2.05, 4.69) is 4.89 Å². The van der Waals surface area contributed by atoms with Crippen molar-refractivity contribution in [1.82, 2.24) is 0 Å². The van der Waals surface area contributed by atoms with Crippen LogP contribution in [0.1, 0.15) is 37.4 Å². The summed E-state index contributed by atoms with van der Waals surface area (Å²) in [6.07, 6.45) is 0. The topological polar surface area (TPSA) is 129 Å². The maximum Gasteiger partial charge on any atom is 0.344 e. The number of hydrogen-bond donors (Lipinski definition) is 2. The monoisotopic (exact) mass is 548 g/mol. The number of aromatic carboxylic acids is 1. The van der Waals surface area contributed by atoms with Gasteiger partial charge in [0, 0.05) is 5.56 Å². The third kappa shape index (κ3) is 7.08. The molecule has 200 valence electrons. The molecule has 0 amide bonds. The number of carboxylic acid groups (broad SMARTS) is 1. The zero-order valence-corrected chi connectivity index (χ0v) is 21.8. The van der Waals surface area contributed by atoms with Gasteiger partial charge in [-0.1, -0.05) is 23.3 Å². The van der Waals surface area contributed by atoms with Gasteiger partial charge in [-0.15, -0.1) is 0 Å². The lowest BCUT2D eigenvalue weighted by Gasteiger charge is -2.12. The van der Waals surface area contributed by atoms with Gasteiger partial charge in [-0.2, -0.15) is 0 Å². The lowest BCUT2D eigenvalue weighted by atomic mass is 10.0. The predicted octanol–water partition coefficient (Wildman–Crippen LogP) is 6.10. The summed E-state index contributed by atoms with van der Waals surface area (Å²) < 4.78 is 29.4. The van der Waals surface area contributed by atoms with Gasteiger partial charge >= 0.3 is 11.9 Å². The second-order valence-electron chi connectivity index (χ2n) is 8.49. The van der Waals surface area contributed by atoms with Gasteiger partial charge in [-0.3, -0.25) is 5.26 Å². The van der Waals surface area contributed by atoms with Gasteiger partial charge < -0.3 is 18.8 Å². The van der Waals surface area contributed by atoms with Gasteiger partial charge in [0.05, 0.1) is 16.0 Å². The van der Waals surface area contributed by atoms with Crippen molar-refractivity contribution in [3.8, 4) is 23.0 Å². The van der Waals surface area contributed by atoms with Gasteiger partial charge in [0.1, 0.15) is 29.6 Å². The number of benzene rings is 4. The van der Waals surface area contributed by atoms with E-state index in [-0.39, 0.29) is 23.5 Å². The molecule has 1 atom stereocenters. The lowest BCUT2D eigenvalue weighted by Crippen LogP contribution is -2.14. The Morgan fingerprint density at radius 3 is 2.05 bits per heavy atom. The van der Waals surface area contributed by atoms with Crippen LogP contribution in [0.3, 0.4) is 0 Å². The first-order valence-corrected chi connectivity index (χ1v) is 12.7. The minimum atomic E-state index is -1.86. The first-order chi connectivity index (χ1) is 18.7. The Labute approximate surface area is 226 Å². The van der Waals surface area contributed by atoms with E-state index in [9.17, 15) is 18.9 Å². The standard InChI is InChI=1S/C29H24O9S/c1-18-4-14-27(20(15-18)17-35-33)36-21-5-7-23(8-6-21)38-39(34)24-11-9-22(10-12-24)37-29(32)25-13-3-19(2)16-26(25)28(30)31/h3-16,33H,17H2,1-2H3,(H,30,31). The van der Waals surface area contributed by atoms with Crippen LogP contribution in [0.25, 0.3) is 0 Å². The molecule has 39 heavy (non-hydrogen) atoms. The van der Waals surface area contributed by atoms with E-state index < -0.39 is 23.0 Å². The van der Waals surface area contributed by atoms with Crippen LogP contribution in [0.4, 0.5) is 0 Å². The highest BCUT2D eigenvalue weighted by Gasteiger charge is 2.19. The maximum absolute atomic E-state index is 12.7. The molecule has 4 aromatic rings. The van der Waals surface area contributed by atoms with E-state index in [0.717, 1.165) is 5.56 Å². The summed E-state index contributed by atoms with van der Waals surface area (Å²) in [5.41, 5.74) is 2.14. The minimum Gasteiger partial charge on any atom is -0.478 e. The van der Waals surface area contributed by atoms with E-state index in [1.165, 1.54) is 36.4 Å². The summed E-state index contributed by atoms with van der Waals surface area (Å²) >= 11 is -1.86. The molecule has 0 aliphatic heterocycles. The van der Waals surface area contributed by atoms with Crippen LogP contribution in [-0.4, -0.2) is 26.5 Å². The summed E-state index contributed by atoms with van der Waals surface area (Å²) in [5.74, 6) is -0.539. The molecule has 9 nitrogen and oxygen atoms in total. The first-order valence-electron chi connectivity index (χ1n) is 11.6. The Bertz CT molecular complexity index is 1510. The van der Waals surface area contributed by atoms with Crippen LogP contribution >= 0.6 is 0 Å². The maximum atomic E-state index is 12.7. The quantitative estimate of drug-likeness (QED) is 0.104. The molecule has 0 aliphatic carbocycles. The van der Waals surface area contributed by atoms with Crippen molar-refractivity contribution in [2.75, 3.05) is 0 Å². The van der Waals surface area contributed by atoms with Crippen molar-refractivity contribution >= 4 is 23.0 Å². The fourth-order valence-corrected chi connectivity index (χ4v) is 4.35. The SMILES string of the molecule is Cc1ccc(Oc2ccc(OS(=O)c3ccc(OC(=O)c4ccc(C)cc4C(=O)O)cc3)cc2)c(COO)c1. The van der Waals surface area contributed by atoms with Crippen LogP contribution in [0.15, 0.2) is 89.8 Å². The van der Waals surface area contributed by atoms with E-state index in [0.29, 0.717) is 33.3 Å². The average molecular weight is 549 g/mol. The molecule has 0 bridgehead atoms. The van der Waals surface area contributed by atoms with Gasteiger partial charge in [-0.05, 0) is 86.6 Å². The predicted molar refractivity (Wildman–Crippen MR) is 142 cm³/mol. The van der Waals surface area contributed by atoms with Crippen molar-refractivity contribution in [1.29, 1.82) is 0 Å². The molecule has 0 heterocycles. The Hall–Kier alpha value is -4.51. The number of rotatable bonds is 10. The number of carboxylic acids is 1. The zero-order valence-electron chi connectivity index (χ0n) is 21.0. The van der Waals surface area contributed by atoms with Crippen LogP contribution in [0.5, 0.6) is 23.0 Å². The van der Waals surface area contributed by atoms with Crippen molar-refractivity contribution in [3.05, 3.63) is 113 Å². The summed E-state index contributed by atoms with van der Waals surface area (Å²) in [6, 6.07) is 22.2. The van der Waals surface area contributed by atoms with Crippen LogP contribution < -0.4 is 13.7 Å². The fourth-order valence-electron chi connectivity index (χ4n) is 3.61. The number of aryl methyl sites for hydroxylation is 2. The van der Waals surface area contributed by atoms with Crippen LogP contribution in [0.2, 0.25) is 0 Å². The molecule has 0 radical (unpaired) electrons. The van der Waals surface area contributed by atoms with E-state index in [1.807, 2.05) is 19.1 Å². The third-order valence-electron chi connectivity index (χ3n) is 5.51. The lowest BCUT2D eigenvalue weighted by molar-refractivity contribution is -0.253. The molecule has 0 aliphatic rings. The Morgan fingerprint density at radius 2 is 1.38 bits per heavy atom. The molecular formula is C29H24O9S. The second kappa shape index (κ2) is 12.4. The summed E-state index contributed by atoms with van der Waals surface area (Å²) in [7, 11) is 0. The first kappa shape index (κ1) is 27.5. The summed E-state index contributed by atoms with van der Waals surface area (Å²) in [5, 5.41) is 18.2. The van der Waals surface area contributed by atoms with Crippen LogP contribution in [0, 0.1) is 13.8 Å². The van der Waals surface area contributed by atoms with Crippen molar-refractivity contribution < 1.29 is 42.7 Å². The smallest absolute Gasteiger partial charge is 0.344 e. The highest BCUT2D eigenvalue weighted by Crippen LogP contribution is 2.29. The average Bonchev–Trinajstić information content (AvgIpc) is 2.91. The molecule has 0 aromatic heterocycles. The Balaban J connectivity index is 1.38. The largest absolute Gasteiger partial charge is 0.478 e. The number of carbonyl (C=O) groups excluding carboxylic acids is 1. The Kier molecular flexibility index (Phi) is 8.72. The molecular weight excluding hydrogens is 524 g/mol. The van der Waals surface area contributed by atoms with E-state index in [1.54, 1.807) is 43.3 Å². The molecule has 2 N–H and O–H groups in total. The zero-order chi connectivity index (χ0) is 27.9. The molecule has 0 saturated carbocycles. The molecule has 4 aromatic carbocycles.